The number of thiophene rings is 1. The van der Waals surface area contributed by atoms with Gasteiger partial charge in [-0.05, 0) is 30.7 Å². The fourth-order valence-corrected chi connectivity index (χ4v) is 4.21. The average molecular weight is 319 g/mol. The van der Waals surface area contributed by atoms with E-state index < -0.39 is 10.0 Å². The molecule has 0 aliphatic rings. The SMILES string of the molecule is Cc1ccccc1NS(=O)(=O)c1cc(-c2ccn[nH]2)cs1. The van der Waals surface area contributed by atoms with Gasteiger partial charge in [-0.3, -0.25) is 9.82 Å². The van der Waals surface area contributed by atoms with Crippen LogP contribution in [-0.2, 0) is 10.0 Å². The van der Waals surface area contributed by atoms with Crippen molar-refractivity contribution in [3.05, 3.63) is 53.5 Å². The molecule has 3 aromatic rings. The second kappa shape index (κ2) is 5.34. The van der Waals surface area contributed by atoms with Crippen LogP contribution < -0.4 is 4.72 Å². The van der Waals surface area contributed by atoms with Gasteiger partial charge in [-0.25, -0.2) is 8.42 Å². The summed E-state index contributed by atoms with van der Waals surface area (Å²) in [7, 11) is -3.57. The number of hydrogen-bond acceptors (Lipinski definition) is 4. The molecule has 0 atom stereocenters. The van der Waals surface area contributed by atoms with Crippen LogP contribution in [0.25, 0.3) is 11.3 Å². The Morgan fingerprint density at radius 2 is 2.05 bits per heavy atom. The topological polar surface area (TPSA) is 74.8 Å². The van der Waals surface area contributed by atoms with E-state index in [1.807, 2.05) is 19.1 Å². The van der Waals surface area contributed by atoms with Crippen molar-refractivity contribution in [2.24, 2.45) is 0 Å². The number of rotatable bonds is 4. The summed E-state index contributed by atoms with van der Waals surface area (Å²) in [6.07, 6.45) is 1.63. The maximum absolute atomic E-state index is 12.4. The van der Waals surface area contributed by atoms with Crippen molar-refractivity contribution in [2.45, 2.75) is 11.1 Å². The highest BCUT2D eigenvalue weighted by molar-refractivity contribution is 7.94. The number of sulfonamides is 1. The van der Waals surface area contributed by atoms with Crippen molar-refractivity contribution < 1.29 is 8.42 Å². The van der Waals surface area contributed by atoms with Crippen molar-refractivity contribution in [3.63, 3.8) is 0 Å². The lowest BCUT2D eigenvalue weighted by Gasteiger charge is -2.08. The second-order valence-corrected chi connectivity index (χ2v) is 7.37. The van der Waals surface area contributed by atoms with E-state index in [-0.39, 0.29) is 4.21 Å². The van der Waals surface area contributed by atoms with E-state index in [0.29, 0.717) is 5.69 Å². The van der Waals surface area contributed by atoms with Crippen molar-refractivity contribution in [3.8, 4) is 11.3 Å². The number of para-hydroxylation sites is 1. The van der Waals surface area contributed by atoms with Crippen molar-refractivity contribution >= 4 is 27.0 Å². The molecule has 2 aromatic heterocycles. The van der Waals surface area contributed by atoms with Crippen LogP contribution in [0.3, 0.4) is 0 Å². The molecule has 0 saturated carbocycles. The zero-order chi connectivity index (χ0) is 14.9. The largest absolute Gasteiger partial charge is 0.279 e. The van der Waals surface area contributed by atoms with Gasteiger partial charge in [0.1, 0.15) is 4.21 Å². The smallest absolute Gasteiger partial charge is 0.271 e. The third kappa shape index (κ3) is 2.84. The molecule has 108 valence electrons. The quantitative estimate of drug-likeness (QED) is 0.775. The number of nitrogens with one attached hydrogen (secondary N) is 2. The number of nitrogens with zero attached hydrogens (tertiary/aromatic N) is 1. The lowest BCUT2D eigenvalue weighted by molar-refractivity contribution is 0.603. The first-order chi connectivity index (χ1) is 10.1. The molecule has 21 heavy (non-hydrogen) atoms. The second-order valence-electron chi connectivity index (χ2n) is 4.55. The predicted octanol–water partition coefficient (Wildman–Crippen LogP) is 3.25. The molecule has 0 fully saturated rings. The van der Waals surface area contributed by atoms with E-state index in [9.17, 15) is 8.42 Å². The summed E-state index contributed by atoms with van der Waals surface area (Å²) in [5, 5.41) is 8.47. The monoisotopic (exact) mass is 319 g/mol. The van der Waals surface area contributed by atoms with Crippen molar-refractivity contribution in [2.75, 3.05) is 4.72 Å². The molecular formula is C14H13N3O2S2. The van der Waals surface area contributed by atoms with Gasteiger partial charge in [0.25, 0.3) is 10.0 Å². The van der Waals surface area contributed by atoms with Crippen LogP contribution in [0.4, 0.5) is 5.69 Å². The maximum Gasteiger partial charge on any atom is 0.271 e. The van der Waals surface area contributed by atoms with E-state index >= 15 is 0 Å². The van der Waals surface area contributed by atoms with E-state index in [2.05, 4.69) is 14.9 Å². The van der Waals surface area contributed by atoms with Gasteiger partial charge >= 0.3 is 0 Å². The van der Waals surface area contributed by atoms with Gasteiger partial charge in [-0.2, -0.15) is 5.10 Å². The Hall–Kier alpha value is -2.12. The lowest BCUT2D eigenvalue weighted by atomic mass is 10.2. The number of benzene rings is 1. The summed E-state index contributed by atoms with van der Waals surface area (Å²) in [5.74, 6) is 0. The lowest BCUT2D eigenvalue weighted by Crippen LogP contribution is -2.12. The van der Waals surface area contributed by atoms with E-state index in [0.717, 1.165) is 16.8 Å². The van der Waals surface area contributed by atoms with E-state index in [1.54, 1.807) is 35.8 Å². The molecule has 0 radical (unpaired) electrons. The first-order valence-corrected chi connectivity index (χ1v) is 8.59. The number of anilines is 1. The number of hydrogen-bond donors (Lipinski definition) is 2. The molecule has 2 N–H and O–H groups in total. The molecule has 1 aromatic carbocycles. The standard InChI is InChI=1S/C14H13N3O2S2/c1-10-4-2-3-5-12(10)17-21(18,19)14-8-11(9-20-14)13-6-7-15-16-13/h2-9,17H,1H3,(H,15,16). The molecule has 7 heteroatoms. The van der Waals surface area contributed by atoms with Crippen LogP contribution in [0.1, 0.15) is 5.56 Å². The Morgan fingerprint density at radius 1 is 1.24 bits per heavy atom. The summed E-state index contributed by atoms with van der Waals surface area (Å²) < 4.78 is 27.7. The van der Waals surface area contributed by atoms with Crippen LogP contribution in [0, 0.1) is 6.92 Å². The van der Waals surface area contributed by atoms with Crippen LogP contribution in [-0.4, -0.2) is 18.6 Å². The average Bonchev–Trinajstić information content (AvgIpc) is 3.11. The number of aryl methyl sites for hydroxylation is 1. The molecule has 0 aliphatic heterocycles. The Labute approximate surface area is 126 Å². The third-order valence-electron chi connectivity index (χ3n) is 3.04. The molecule has 2 heterocycles. The zero-order valence-corrected chi connectivity index (χ0v) is 12.8. The molecule has 0 saturated heterocycles. The van der Waals surface area contributed by atoms with Gasteiger partial charge in [-0.1, -0.05) is 18.2 Å². The molecule has 0 spiro atoms. The van der Waals surface area contributed by atoms with Gasteiger partial charge < -0.3 is 0 Å². The van der Waals surface area contributed by atoms with Crippen LogP contribution >= 0.6 is 11.3 Å². The van der Waals surface area contributed by atoms with Gasteiger partial charge in [0.15, 0.2) is 0 Å². The van der Waals surface area contributed by atoms with Gasteiger partial charge in [0.05, 0.1) is 11.4 Å². The fraction of sp³-hybridized carbons (Fsp3) is 0.0714. The molecule has 3 rings (SSSR count). The molecule has 0 aliphatic carbocycles. The van der Waals surface area contributed by atoms with Crippen LogP contribution in [0.5, 0.6) is 0 Å². The highest BCUT2D eigenvalue weighted by Crippen LogP contribution is 2.29. The summed E-state index contributed by atoms with van der Waals surface area (Å²) in [6, 6.07) is 10.7. The maximum atomic E-state index is 12.4. The molecule has 0 unspecified atom stereocenters. The summed E-state index contributed by atoms with van der Waals surface area (Å²) in [5.41, 5.74) is 3.08. The number of aromatic nitrogens is 2. The van der Waals surface area contributed by atoms with Crippen LogP contribution in [0.15, 0.2) is 52.2 Å². The summed E-state index contributed by atoms with van der Waals surface area (Å²) in [4.78, 5) is 0. The Kier molecular flexibility index (Phi) is 3.52. The third-order valence-corrected chi connectivity index (χ3v) is 5.85. The highest BCUT2D eigenvalue weighted by Gasteiger charge is 2.18. The zero-order valence-electron chi connectivity index (χ0n) is 11.2. The number of aromatic amines is 1. The first-order valence-electron chi connectivity index (χ1n) is 6.23. The number of H-pyrrole nitrogens is 1. The predicted molar refractivity (Wildman–Crippen MR) is 83.9 cm³/mol. The molecular weight excluding hydrogens is 306 g/mol. The van der Waals surface area contributed by atoms with E-state index in [4.69, 9.17) is 0 Å². The minimum absolute atomic E-state index is 0.273. The van der Waals surface area contributed by atoms with Gasteiger partial charge in [0, 0.05) is 17.1 Å². The molecule has 5 nitrogen and oxygen atoms in total. The molecule has 0 bridgehead atoms. The Bertz CT molecular complexity index is 852. The highest BCUT2D eigenvalue weighted by atomic mass is 32.2. The first kappa shape index (κ1) is 13.8. The minimum Gasteiger partial charge on any atom is -0.279 e. The van der Waals surface area contributed by atoms with Crippen LogP contribution in [0.2, 0.25) is 0 Å². The fourth-order valence-electron chi connectivity index (χ4n) is 1.90. The molecule has 0 amide bonds. The van der Waals surface area contributed by atoms with Gasteiger partial charge in [0.2, 0.25) is 0 Å². The summed E-state index contributed by atoms with van der Waals surface area (Å²) >= 11 is 1.18. The minimum atomic E-state index is -3.57. The van der Waals surface area contributed by atoms with Crippen molar-refractivity contribution in [1.82, 2.24) is 10.2 Å². The van der Waals surface area contributed by atoms with Crippen molar-refractivity contribution in [1.29, 1.82) is 0 Å². The summed E-state index contributed by atoms with van der Waals surface area (Å²) in [6.45, 7) is 1.86. The Balaban J connectivity index is 1.91. The van der Waals surface area contributed by atoms with E-state index in [1.165, 1.54) is 11.3 Å². The van der Waals surface area contributed by atoms with Gasteiger partial charge in [-0.15, -0.1) is 11.3 Å². The normalized spacial score (nSPS) is 11.5. The Morgan fingerprint density at radius 3 is 2.76 bits per heavy atom.